The van der Waals surface area contributed by atoms with Crippen LogP contribution >= 0.6 is 0 Å². The summed E-state index contributed by atoms with van der Waals surface area (Å²) in [5, 5.41) is -0.0131. The van der Waals surface area contributed by atoms with Crippen LogP contribution in [0.3, 0.4) is 0 Å². The first-order valence-corrected chi connectivity index (χ1v) is 11.4. The van der Waals surface area contributed by atoms with E-state index in [0.29, 0.717) is 5.75 Å². The monoisotopic (exact) mass is 529 g/mol. The van der Waals surface area contributed by atoms with Gasteiger partial charge in [-0.15, -0.1) is 0 Å². The maximum atomic E-state index is 13.6. The van der Waals surface area contributed by atoms with Crippen molar-refractivity contribution in [2.75, 3.05) is 12.8 Å². The Hall–Kier alpha value is -3.87. The molecule has 0 unspecified atom stereocenters. The van der Waals surface area contributed by atoms with Crippen LogP contribution < -0.4 is 15.2 Å². The van der Waals surface area contributed by atoms with E-state index in [-0.39, 0.29) is 26.8 Å². The van der Waals surface area contributed by atoms with Gasteiger partial charge in [-0.2, -0.15) is 26.3 Å². The Bertz CT molecular complexity index is 1540. The number of nitrogen functional groups attached to an aromatic ring is 1. The average molecular weight is 529 g/mol. The molecular weight excluding hydrogens is 514 g/mol. The van der Waals surface area contributed by atoms with Crippen molar-refractivity contribution in [3.63, 3.8) is 0 Å². The van der Waals surface area contributed by atoms with Crippen molar-refractivity contribution >= 4 is 26.4 Å². The molecule has 13 heteroatoms. The molecule has 0 amide bonds. The molecule has 6 nitrogen and oxygen atoms in total. The van der Waals surface area contributed by atoms with Crippen LogP contribution in [0.5, 0.6) is 17.2 Å². The van der Waals surface area contributed by atoms with Crippen molar-refractivity contribution in [3.8, 4) is 17.2 Å². The molecule has 3 aromatic carbocycles. The molecule has 36 heavy (non-hydrogen) atoms. The zero-order valence-corrected chi connectivity index (χ0v) is 18.9. The third-order valence-electron chi connectivity index (χ3n) is 5.20. The van der Waals surface area contributed by atoms with Gasteiger partial charge in [0.05, 0.1) is 28.2 Å². The van der Waals surface area contributed by atoms with Gasteiger partial charge in [0.15, 0.2) is 5.75 Å². The lowest BCUT2D eigenvalue weighted by Crippen LogP contribution is -2.16. The van der Waals surface area contributed by atoms with Crippen LogP contribution in [-0.4, -0.2) is 20.5 Å². The largest absolute Gasteiger partial charge is 0.497 e. The van der Waals surface area contributed by atoms with Gasteiger partial charge >= 0.3 is 12.4 Å². The van der Waals surface area contributed by atoms with E-state index in [1.54, 1.807) is 6.07 Å². The minimum Gasteiger partial charge on any atom is -0.497 e. The number of sulfone groups is 1. The highest BCUT2D eigenvalue weighted by atomic mass is 32.2. The molecule has 189 valence electrons. The van der Waals surface area contributed by atoms with Crippen LogP contribution in [0.1, 0.15) is 11.1 Å². The normalized spacial score (nSPS) is 12.6. The van der Waals surface area contributed by atoms with Gasteiger partial charge in [-0.25, -0.2) is 8.42 Å². The first-order valence-electron chi connectivity index (χ1n) is 9.90. The highest BCUT2D eigenvalue weighted by molar-refractivity contribution is 7.91. The lowest BCUT2D eigenvalue weighted by molar-refractivity contribution is -0.144. The predicted molar refractivity (Wildman–Crippen MR) is 117 cm³/mol. The van der Waals surface area contributed by atoms with Crippen LogP contribution in [0.4, 0.5) is 32.0 Å². The molecule has 0 aliphatic heterocycles. The van der Waals surface area contributed by atoms with Gasteiger partial charge in [-0.05, 0) is 48.5 Å². The van der Waals surface area contributed by atoms with Crippen LogP contribution in [-0.2, 0) is 22.2 Å². The molecule has 3 N–H and O–H groups in total. The fourth-order valence-corrected chi connectivity index (χ4v) is 4.92. The summed E-state index contributed by atoms with van der Waals surface area (Å²) in [4.78, 5) is 2.34. The molecule has 4 aromatic rings. The highest BCUT2D eigenvalue weighted by Crippen LogP contribution is 2.48. The van der Waals surface area contributed by atoms with Gasteiger partial charge < -0.3 is 20.2 Å². The number of nitrogens with two attached hydrogens (primary N) is 1. The number of benzene rings is 3. The first-order chi connectivity index (χ1) is 16.7. The standard InChI is InChI=1S/C23H15F6N2O4S/c1-34-12-2-5-14(6-3-12)36(32,33)19-11-31-18-9-4-13(10-15(18)19)35-21-16(22(24,25)26)7-8-17(30)20(21)23(27,28)29/h2-7,9-11,31H,30H2,1H3. The Morgan fingerprint density at radius 3 is 2.17 bits per heavy atom. The molecule has 1 radical (unpaired) electrons. The average Bonchev–Trinajstić information content (AvgIpc) is 3.21. The number of anilines is 1. The van der Waals surface area contributed by atoms with E-state index in [4.69, 9.17) is 15.2 Å². The second kappa shape index (κ2) is 8.66. The van der Waals surface area contributed by atoms with E-state index >= 15 is 0 Å². The Morgan fingerprint density at radius 1 is 0.944 bits per heavy atom. The number of aromatic amines is 1. The number of aromatic nitrogens is 1. The van der Waals surface area contributed by atoms with Gasteiger partial charge in [-0.3, -0.25) is 0 Å². The first kappa shape index (κ1) is 25.2. The number of H-pyrrole nitrogens is 1. The van der Waals surface area contributed by atoms with Crippen molar-refractivity contribution in [2.45, 2.75) is 22.1 Å². The second-order valence-electron chi connectivity index (χ2n) is 7.46. The summed E-state index contributed by atoms with van der Waals surface area (Å²) in [5.74, 6) is -1.64. The Kier molecular flexibility index (Phi) is 6.07. The maximum Gasteiger partial charge on any atom is 0.422 e. The number of hydrogen-bond donors (Lipinski definition) is 2. The van der Waals surface area contributed by atoms with Crippen LogP contribution in [0.25, 0.3) is 10.9 Å². The van der Waals surface area contributed by atoms with Gasteiger partial charge in [0.2, 0.25) is 9.84 Å². The summed E-state index contributed by atoms with van der Waals surface area (Å²) in [7, 11) is -2.73. The van der Waals surface area contributed by atoms with Crippen molar-refractivity contribution in [1.82, 2.24) is 4.98 Å². The number of ether oxygens (including phenoxy) is 2. The van der Waals surface area contributed by atoms with E-state index in [0.717, 1.165) is 18.3 Å². The van der Waals surface area contributed by atoms with E-state index in [2.05, 4.69) is 4.98 Å². The third kappa shape index (κ3) is 4.53. The third-order valence-corrected chi connectivity index (χ3v) is 7.01. The predicted octanol–water partition coefficient (Wildman–Crippen LogP) is 6.22. The van der Waals surface area contributed by atoms with Crippen molar-refractivity contribution in [2.24, 2.45) is 0 Å². The van der Waals surface area contributed by atoms with Gasteiger partial charge in [0, 0.05) is 23.2 Å². The van der Waals surface area contributed by atoms with Crippen LogP contribution in [0, 0.1) is 6.07 Å². The smallest absolute Gasteiger partial charge is 0.422 e. The Labute approximate surface area is 200 Å². The SMILES string of the molecule is COc1ccc(S(=O)(=O)c2c[nH]c3ccc(Oc4c(C(F)(F)F)c[c]c(N)c4C(F)(F)F)cc23)cc1. The number of rotatable bonds is 5. The molecule has 1 heterocycles. The Balaban J connectivity index is 1.85. The quantitative estimate of drug-likeness (QED) is 0.236. The van der Waals surface area contributed by atoms with Crippen molar-refractivity contribution in [1.29, 1.82) is 0 Å². The van der Waals surface area contributed by atoms with E-state index in [9.17, 15) is 34.8 Å². The molecule has 0 saturated carbocycles. The summed E-state index contributed by atoms with van der Waals surface area (Å²) in [6.07, 6.45) is -9.36. The molecule has 0 bridgehead atoms. The summed E-state index contributed by atoms with van der Waals surface area (Å²) in [6.45, 7) is 0. The summed E-state index contributed by atoms with van der Waals surface area (Å²) >= 11 is 0. The molecule has 4 rings (SSSR count). The van der Waals surface area contributed by atoms with Crippen molar-refractivity contribution in [3.05, 3.63) is 71.9 Å². The summed E-state index contributed by atoms with van der Waals surface area (Å²) in [5.41, 5.74) is 0.867. The molecule has 0 fully saturated rings. The zero-order valence-electron chi connectivity index (χ0n) is 18.1. The highest BCUT2D eigenvalue weighted by Gasteiger charge is 2.44. The molecular formula is C23H15F6N2O4S. The van der Waals surface area contributed by atoms with Gasteiger partial charge in [-0.1, -0.05) is 0 Å². The summed E-state index contributed by atoms with van der Waals surface area (Å²) < 4.78 is 118. The number of hydrogen-bond acceptors (Lipinski definition) is 5. The van der Waals surface area contributed by atoms with E-state index < -0.39 is 50.5 Å². The molecule has 0 aliphatic carbocycles. The molecule has 0 saturated heterocycles. The number of nitrogens with one attached hydrogen (secondary N) is 1. The minimum atomic E-state index is -5.29. The lowest BCUT2D eigenvalue weighted by atomic mass is 10.1. The minimum absolute atomic E-state index is 0.0131. The van der Waals surface area contributed by atoms with E-state index in [1.165, 1.54) is 37.4 Å². The molecule has 0 spiro atoms. The van der Waals surface area contributed by atoms with Gasteiger partial charge in [0.1, 0.15) is 17.1 Å². The summed E-state index contributed by atoms with van der Waals surface area (Å²) in [6, 6.07) is 10.8. The molecule has 0 atom stereocenters. The number of alkyl halides is 6. The maximum absolute atomic E-state index is 13.6. The lowest BCUT2D eigenvalue weighted by Gasteiger charge is -2.20. The number of methoxy groups -OCH3 is 1. The number of fused-ring (bicyclic) bond motifs is 1. The molecule has 0 aliphatic rings. The van der Waals surface area contributed by atoms with Gasteiger partial charge in [0.25, 0.3) is 0 Å². The topological polar surface area (TPSA) is 94.4 Å². The van der Waals surface area contributed by atoms with Crippen LogP contribution in [0.2, 0.25) is 0 Å². The Morgan fingerprint density at radius 2 is 1.58 bits per heavy atom. The second-order valence-corrected chi connectivity index (χ2v) is 9.38. The molecule has 1 aromatic heterocycles. The number of halogens is 6. The zero-order chi connectivity index (χ0) is 26.5. The van der Waals surface area contributed by atoms with E-state index in [1.807, 2.05) is 0 Å². The van der Waals surface area contributed by atoms with Crippen molar-refractivity contribution < 1.29 is 44.2 Å². The van der Waals surface area contributed by atoms with Crippen LogP contribution in [0.15, 0.2) is 64.5 Å². The fraction of sp³-hybridized carbons (Fsp3) is 0.130. The fourth-order valence-electron chi connectivity index (χ4n) is 3.50.